The maximum atomic E-state index is 14.0. The van der Waals surface area contributed by atoms with Gasteiger partial charge in [-0.1, -0.05) is 20.8 Å². The highest BCUT2D eigenvalue weighted by Crippen LogP contribution is 2.41. The van der Waals surface area contributed by atoms with Gasteiger partial charge in [-0.25, -0.2) is 4.39 Å². The molecule has 0 N–H and O–H groups in total. The monoisotopic (exact) mass is 298 g/mol. The molecule has 1 unspecified atom stereocenters. The smallest absolute Gasteiger partial charge is 0.192 e. The third kappa shape index (κ3) is 2.70. The van der Waals surface area contributed by atoms with Crippen molar-refractivity contribution in [2.45, 2.75) is 77.5 Å². The molecule has 0 bridgehead atoms. The number of hydrogen-bond acceptors (Lipinski definition) is 2. The van der Waals surface area contributed by atoms with Crippen LogP contribution in [0.4, 0.5) is 4.39 Å². The van der Waals surface area contributed by atoms with Gasteiger partial charge in [-0.15, -0.1) is 0 Å². The summed E-state index contributed by atoms with van der Waals surface area (Å²) in [4.78, 5) is 0. The molecule has 3 nitrogen and oxygen atoms in total. The summed E-state index contributed by atoms with van der Waals surface area (Å²) in [5.74, 6) is 0. The van der Waals surface area contributed by atoms with E-state index < -0.39 is 14.5 Å². The lowest BCUT2D eigenvalue weighted by molar-refractivity contribution is 0.253. The Morgan fingerprint density at radius 3 is 2.55 bits per heavy atom. The van der Waals surface area contributed by atoms with Crippen molar-refractivity contribution < 1.29 is 8.82 Å². The van der Waals surface area contributed by atoms with Crippen LogP contribution in [-0.2, 0) is 16.6 Å². The average Bonchev–Trinajstić information content (AvgIpc) is 2.76. The first-order chi connectivity index (χ1) is 8.94. The number of nitrogens with zero attached hydrogens (tertiary/aromatic N) is 2. The minimum absolute atomic E-state index is 0.178. The lowest BCUT2D eigenvalue weighted by Gasteiger charge is -2.35. The molecule has 0 saturated heterocycles. The summed E-state index contributed by atoms with van der Waals surface area (Å²) < 4.78 is 22.0. The first-order valence-electron chi connectivity index (χ1n) is 7.31. The summed E-state index contributed by atoms with van der Waals surface area (Å²) in [6.07, 6.45) is -0.391. The highest BCUT2D eigenvalue weighted by atomic mass is 28.4. The van der Waals surface area contributed by atoms with E-state index in [0.29, 0.717) is 18.7 Å². The van der Waals surface area contributed by atoms with Crippen LogP contribution in [0.2, 0.25) is 18.1 Å². The van der Waals surface area contributed by atoms with Gasteiger partial charge in [-0.05, 0) is 38.0 Å². The molecule has 1 aliphatic rings. The van der Waals surface area contributed by atoms with Crippen LogP contribution in [-0.4, -0.2) is 18.1 Å². The van der Waals surface area contributed by atoms with Gasteiger partial charge in [0.2, 0.25) is 0 Å². The van der Waals surface area contributed by atoms with Crippen LogP contribution < -0.4 is 0 Å². The molecule has 2 rings (SSSR count). The zero-order chi connectivity index (χ0) is 15.3. The number of rotatable bonds is 3. The number of aromatic nitrogens is 2. The molecule has 114 valence electrons. The predicted molar refractivity (Wildman–Crippen MR) is 82.0 cm³/mol. The molecule has 1 atom stereocenters. The predicted octanol–water partition coefficient (Wildman–Crippen LogP) is 4.55. The fourth-order valence-corrected chi connectivity index (χ4v) is 3.27. The van der Waals surface area contributed by atoms with Crippen LogP contribution in [0.1, 0.15) is 58.6 Å². The summed E-state index contributed by atoms with van der Waals surface area (Å²) in [6.45, 7) is 15.6. The molecule has 0 radical (unpaired) electrons. The Bertz CT molecular complexity index is 502. The van der Waals surface area contributed by atoms with Crippen molar-refractivity contribution in [1.82, 2.24) is 9.78 Å². The van der Waals surface area contributed by atoms with Gasteiger partial charge >= 0.3 is 0 Å². The third-order valence-corrected chi connectivity index (χ3v) is 9.23. The van der Waals surface area contributed by atoms with Gasteiger partial charge in [0.05, 0.1) is 23.5 Å². The van der Waals surface area contributed by atoms with E-state index in [1.165, 1.54) is 0 Å². The van der Waals surface area contributed by atoms with Crippen molar-refractivity contribution in [3.05, 3.63) is 17.5 Å². The quantitative estimate of drug-likeness (QED) is 0.765. The zero-order valence-corrected chi connectivity index (χ0v) is 14.7. The number of alkyl halides is 1. The minimum Gasteiger partial charge on any atom is -0.411 e. The van der Waals surface area contributed by atoms with E-state index in [-0.39, 0.29) is 10.6 Å². The van der Waals surface area contributed by atoms with Crippen molar-refractivity contribution >= 4 is 8.32 Å². The Labute approximate surface area is 122 Å². The van der Waals surface area contributed by atoms with Gasteiger partial charge in [0.25, 0.3) is 0 Å². The summed E-state index contributed by atoms with van der Waals surface area (Å²) in [6, 6.07) is 1.87. The summed E-state index contributed by atoms with van der Waals surface area (Å²) in [7, 11) is -1.78. The Morgan fingerprint density at radius 2 is 2.05 bits per heavy atom. The van der Waals surface area contributed by atoms with E-state index in [1.807, 2.05) is 24.6 Å². The minimum atomic E-state index is -1.78. The summed E-state index contributed by atoms with van der Waals surface area (Å²) in [5, 5.41) is 4.73. The fourth-order valence-electron chi connectivity index (χ4n) is 2.33. The molecular weight excluding hydrogens is 271 g/mol. The molecule has 0 saturated carbocycles. The molecule has 0 amide bonds. The highest BCUT2D eigenvalue weighted by Gasteiger charge is 2.40. The zero-order valence-electron chi connectivity index (χ0n) is 13.7. The largest absolute Gasteiger partial charge is 0.411 e. The molecule has 0 fully saturated rings. The molecule has 0 aromatic carbocycles. The molecule has 2 heterocycles. The first kappa shape index (κ1) is 15.7. The Morgan fingerprint density at radius 1 is 1.45 bits per heavy atom. The number of halogens is 1. The van der Waals surface area contributed by atoms with Crippen molar-refractivity contribution in [3.63, 3.8) is 0 Å². The SMILES string of the molecule is CC1(C)CC(F)c2cc(CO[Si](C)(C)C(C)(C)C)nn21. The number of fused-ring (bicyclic) bond motifs is 1. The normalized spacial score (nSPS) is 22.1. The maximum Gasteiger partial charge on any atom is 0.192 e. The molecule has 0 spiro atoms. The van der Waals surface area contributed by atoms with Crippen LogP contribution in [0, 0.1) is 0 Å². The van der Waals surface area contributed by atoms with Crippen LogP contribution in [0.3, 0.4) is 0 Å². The van der Waals surface area contributed by atoms with E-state index in [9.17, 15) is 4.39 Å². The molecular formula is C15H27FN2OSi. The van der Waals surface area contributed by atoms with Crippen LogP contribution >= 0.6 is 0 Å². The van der Waals surface area contributed by atoms with Crippen LogP contribution in [0.15, 0.2) is 6.07 Å². The number of hydrogen-bond donors (Lipinski definition) is 0. The molecule has 1 aromatic heterocycles. The van der Waals surface area contributed by atoms with Crippen molar-refractivity contribution in [1.29, 1.82) is 0 Å². The molecule has 5 heteroatoms. The van der Waals surface area contributed by atoms with E-state index in [4.69, 9.17) is 4.43 Å². The molecule has 1 aliphatic heterocycles. The Hall–Kier alpha value is -0.683. The van der Waals surface area contributed by atoms with Crippen LogP contribution in [0.25, 0.3) is 0 Å². The molecule has 0 aliphatic carbocycles. The highest BCUT2D eigenvalue weighted by molar-refractivity contribution is 6.74. The van der Waals surface area contributed by atoms with Gasteiger partial charge in [-0.2, -0.15) is 5.10 Å². The topological polar surface area (TPSA) is 27.1 Å². The van der Waals surface area contributed by atoms with E-state index in [1.54, 1.807) is 0 Å². The van der Waals surface area contributed by atoms with E-state index in [0.717, 1.165) is 5.69 Å². The third-order valence-electron chi connectivity index (χ3n) is 4.75. The average molecular weight is 298 g/mol. The van der Waals surface area contributed by atoms with Crippen molar-refractivity contribution in [3.8, 4) is 0 Å². The second-order valence-corrected chi connectivity index (χ2v) is 12.8. The van der Waals surface area contributed by atoms with Crippen molar-refractivity contribution in [2.24, 2.45) is 0 Å². The second kappa shape index (κ2) is 4.66. The first-order valence-corrected chi connectivity index (χ1v) is 10.2. The van der Waals surface area contributed by atoms with E-state index in [2.05, 4.69) is 39.0 Å². The lowest BCUT2D eigenvalue weighted by atomic mass is 10.0. The fraction of sp³-hybridized carbons (Fsp3) is 0.800. The second-order valence-electron chi connectivity index (χ2n) is 8.01. The van der Waals surface area contributed by atoms with Crippen LogP contribution in [0.5, 0.6) is 0 Å². The van der Waals surface area contributed by atoms with Gasteiger partial charge in [0.1, 0.15) is 6.17 Å². The Kier molecular flexibility index (Phi) is 3.66. The van der Waals surface area contributed by atoms with Crippen molar-refractivity contribution in [2.75, 3.05) is 0 Å². The molecule has 20 heavy (non-hydrogen) atoms. The standard InChI is InChI=1S/C15H27FN2OSi/c1-14(2,3)20(6,7)19-10-11-8-13-12(16)9-15(4,5)18(13)17-11/h8,12H,9-10H2,1-7H3. The van der Waals surface area contributed by atoms with Gasteiger partial charge in [0.15, 0.2) is 8.32 Å². The lowest BCUT2D eigenvalue weighted by Crippen LogP contribution is -2.40. The maximum absolute atomic E-state index is 14.0. The Balaban J connectivity index is 2.13. The van der Waals surface area contributed by atoms with Gasteiger partial charge in [0, 0.05) is 6.42 Å². The van der Waals surface area contributed by atoms with Gasteiger partial charge < -0.3 is 4.43 Å². The summed E-state index contributed by atoms with van der Waals surface area (Å²) in [5.41, 5.74) is 1.31. The molecule has 1 aromatic rings. The summed E-state index contributed by atoms with van der Waals surface area (Å²) >= 11 is 0. The van der Waals surface area contributed by atoms with Gasteiger partial charge in [-0.3, -0.25) is 4.68 Å². The van der Waals surface area contributed by atoms with E-state index >= 15 is 0 Å².